The number of hydrogen-bond acceptors (Lipinski definition) is 4. The normalized spacial score (nSPS) is 23.0. The molecule has 1 aromatic rings. The van der Waals surface area contributed by atoms with Crippen LogP contribution in [0, 0.1) is 17.0 Å². The molecular weight excluding hydrogens is 322 g/mol. The van der Waals surface area contributed by atoms with Gasteiger partial charge in [0.2, 0.25) is 0 Å². The lowest BCUT2D eigenvalue weighted by Gasteiger charge is -2.18. The number of nitro benzene ring substituents is 1. The Morgan fingerprint density at radius 1 is 1.40 bits per heavy atom. The smallest absolute Gasteiger partial charge is 0.273 e. The Balaban J connectivity index is 1.71. The van der Waals surface area contributed by atoms with E-state index in [9.17, 15) is 10.1 Å². The lowest BCUT2D eigenvalue weighted by atomic mass is 10.1. The molecule has 0 aromatic heterocycles. The largest absolute Gasteiger partial charge is 0.380 e. The van der Waals surface area contributed by atoms with Gasteiger partial charge in [0.05, 0.1) is 4.92 Å². The number of nitrogens with zero attached hydrogens (tertiary/aromatic N) is 2. The van der Waals surface area contributed by atoms with Crippen molar-refractivity contribution in [2.75, 3.05) is 18.4 Å². The molecule has 108 valence electrons. The average Bonchev–Trinajstić information content (AvgIpc) is 3.14. The van der Waals surface area contributed by atoms with Crippen LogP contribution < -0.4 is 5.32 Å². The zero-order valence-electron chi connectivity index (χ0n) is 11.4. The highest BCUT2D eigenvalue weighted by Crippen LogP contribution is 2.34. The lowest BCUT2D eigenvalue weighted by Crippen LogP contribution is -2.27. The molecule has 6 heteroatoms. The van der Waals surface area contributed by atoms with Crippen LogP contribution in [0.25, 0.3) is 0 Å². The first-order chi connectivity index (χ1) is 9.54. The van der Waals surface area contributed by atoms with Crippen LogP contribution in [0.3, 0.4) is 0 Å². The molecule has 2 fully saturated rings. The van der Waals surface area contributed by atoms with Crippen LogP contribution in [0.2, 0.25) is 0 Å². The number of benzene rings is 1. The summed E-state index contributed by atoms with van der Waals surface area (Å²) in [6.45, 7) is 4.01. The molecule has 0 radical (unpaired) electrons. The number of nitrogens with one attached hydrogen (secondary N) is 1. The van der Waals surface area contributed by atoms with Gasteiger partial charge in [0, 0.05) is 47.0 Å². The van der Waals surface area contributed by atoms with Crippen molar-refractivity contribution in [2.45, 2.75) is 38.3 Å². The third kappa shape index (κ3) is 2.81. The molecule has 3 rings (SSSR count). The van der Waals surface area contributed by atoms with Crippen molar-refractivity contribution < 1.29 is 4.92 Å². The van der Waals surface area contributed by atoms with Crippen LogP contribution in [0.15, 0.2) is 16.6 Å². The molecule has 1 heterocycles. The zero-order valence-corrected chi connectivity index (χ0v) is 13.0. The van der Waals surface area contributed by atoms with Crippen molar-refractivity contribution in [1.29, 1.82) is 0 Å². The molecule has 0 bridgehead atoms. The van der Waals surface area contributed by atoms with Crippen molar-refractivity contribution in [2.24, 2.45) is 0 Å². The summed E-state index contributed by atoms with van der Waals surface area (Å²) < 4.78 is 0.764. The summed E-state index contributed by atoms with van der Waals surface area (Å²) in [5.41, 5.74) is 1.81. The Hall–Kier alpha value is -1.14. The van der Waals surface area contributed by atoms with E-state index in [1.165, 1.54) is 12.8 Å². The van der Waals surface area contributed by atoms with Gasteiger partial charge in [-0.1, -0.05) is 0 Å². The number of aryl methyl sites for hydroxylation is 1. The van der Waals surface area contributed by atoms with Gasteiger partial charge in [0.1, 0.15) is 0 Å². The maximum absolute atomic E-state index is 10.9. The fourth-order valence-corrected chi connectivity index (χ4v) is 3.32. The molecule has 0 spiro atoms. The summed E-state index contributed by atoms with van der Waals surface area (Å²) in [6, 6.07) is 4.70. The predicted octanol–water partition coefficient (Wildman–Crippen LogP) is 3.31. The van der Waals surface area contributed by atoms with Gasteiger partial charge in [-0.25, -0.2) is 0 Å². The average molecular weight is 340 g/mol. The van der Waals surface area contributed by atoms with Crippen LogP contribution in [-0.2, 0) is 0 Å². The molecule has 1 aliphatic heterocycles. The lowest BCUT2D eigenvalue weighted by molar-refractivity contribution is -0.385. The van der Waals surface area contributed by atoms with E-state index in [-0.39, 0.29) is 10.6 Å². The molecule has 5 nitrogen and oxygen atoms in total. The summed E-state index contributed by atoms with van der Waals surface area (Å²) in [4.78, 5) is 13.1. The summed E-state index contributed by atoms with van der Waals surface area (Å²) >= 11 is 3.43. The standard InChI is InChI=1S/C14H18BrN3O2/c1-9-6-13(12(15)7-14(9)18(19)20)16-10-4-5-17(8-10)11-2-3-11/h6-7,10-11,16H,2-5,8H2,1H3. The second kappa shape index (κ2) is 5.33. The van der Waals surface area contributed by atoms with Crippen LogP contribution >= 0.6 is 15.9 Å². The van der Waals surface area contributed by atoms with E-state index in [2.05, 4.69) is 26.1 Å². The van der Waals surface area contributed by atoms with Crippen LogP contribution in [0.1, 0.15) is 24.8 Å². The molecule has 1 saturated heterocycles. The number of likely N-dealkylation sites (tertiary alicyclic amines) is 1. The van der Waals surface area contributed by atoms with Crippen molar-refractivity contribution in [3.63, 3.8) is 0 Å². The number of halogens is 1. The molecule has 0 amide bonds. The van der Waals surface area contributed by atoms with Gasteiger partial charge >= 0.3 is 0 Å². The maximum atomic E-state index is 10.9. The highest BCUT2D eigenvalue weighted by Gasteiger charge is 2.34. The van der Waals surface area contributed by atoms with Gasteiger partial charge in [-0.3, -0.25) is 15.0 Å². The fourth-order valence-electron chi connectivity index (χ4n) is 2.87. The molecular formula is C14H18BrN3O2. The van der Waals surface area contributed by atoms with Crippen molar-refractivity contribution in [3.8, 4) is 0 Å². The summed E-state index contributed by atoms with van der Waals surface area (Å²) in [7, 11) is 0. The second-order valence-corrected chi connectivity index (χ2v) is 6.59. The minimum atomic E-state index is -0.339. The first-order valence-corrected chi connectivity index (χ1v) is 7.79. The first kappa shape index (κ1) is 13.8. The van der Waals surface area contributed by atoms with E-state index in [0.717, 1.165) is 35.7 Å². The van der Waals surface area contributed by atoms with Crippen LogP contribution in [-0.4, -0.2) is 35.0 Å². The first-order valence-electron chi connectivity index (χ1n) is 6.99. The molecule has 1 N–H and O–H groups in total. The summed E-state index contributed by atoms with van der Waals surface area (Å²) in [5, 5.41) is 14.4. The van der Waals surface area contributed by atoms with E-state index in [0.29, 0.717) is 11.6 Å². The quantitative estimate of drug-likeness (QED) is 0.675. The Labute approximate surface area is 126 Å². The van der Waals surface area contributed by atoms with Crippen molar-refractivity contribution >= 4 is 27.3 Å². The summed E-state index contributed by atoms with van der Waals surface area (Å²) in [5.74, 6) is 0. The predicted molar refractivity (Wildman–Crippen MR) is 82.2 cm³/mol. The van der Waals surface area contributed by atoms with Gasteiger partial charge in [-0.15, -0.1) is 0 Å². The molecule has 1 aliphatic carbocycles. The van der Waals surface area contributed by atoms with E-state index >= 15 is 0 Å². The van der Waals surface area contributed by atoms with Crippen molar-refractivity contribution in [1.82, 2.24) is 4.90 Å². The third-order valence-corrected chi connectivity index (χ3v) is 4.78. The molecule has 2 aliphatic rings. The number of nitro groups is 1. The molecule has 1 saturated carbocycles. The Bertz CT molecular complexity index is 545. The highest BCUT2D eigenvalue weighted by molar-refractivity contribution is 9.10. The van der Waals surface area contributed by atoms with Crippen LogP contribution in [0.5, 0.6) is 0 Å². The van der Waals surface area contributed by atoms with Gasteiger partial charge in [0.25, 0.3) is 5.69 Å². The maximum Gasteiger partial charge on any atom is 0.273 e. The Morgan fingerprint density at radius 3 is 2.80 bits per heavy atom. The Kier molecular flexibility index (Phi) is 3.69. The van der Waals surface area contributed by atoms with E-state index < -0.39 is 0 Å². The number of rotatable bonds is 4. The van der Waals surface area contributed by atoms with Gasteiger partial charge < -0.3 is 5.32 Å². The minimum Gasteiger partial charge on any atom is -0.380 e. The van der Waals surface area contributed by atoms with Gasteiger partial charge in [-0.05, 0) is 48.2 Å². The number of hydrogen-bond donors (Lipinski definition) is 1. The van der Waals surface area contributed by atoms with Crippen molar-refractivity contribution in [3.05, 3.63) is 32.3 Å². The molecule has 1 atom stereocenters. The third-order valence-electron chi connectivity index (χ3n) is 4.12. The SMILES string of the molecule is Cc1cc(NC2CCN(C3CC3)C2)c(Br)cc1[N+](=O)[O-]. The van der Waals surface area contributed by atoms with Gasteiger partial charge in [0.15, 0.2) is 0 Å². The van der Waals surface area contributed by atoms with E-state index in [1.54, 1.807) is 13.0 Å². The van der Waals surface area contributed by atoms with Gasteiger partial charge in [-0.2, -0.15) is 0 Å². The van der Waals surface area contributed by atoms with E-state index in [4.69, 9.17) is 0 Å². The zero-order chi connectivity index (χ0) is 14.3. The molecule has 1 aromatic carbocycles. The minimum absolute atomic E-state index is 0.161. The van der Waals surface area contributed by atoms with E-state index in [1.807, 2.05) is 6.07 Å². The fraction of sp³-hybridized carbons (Fsp3) is 0.571. The highest BCUT2D eigenvalue weighted by atomic mass is 79.9. The Morgan fingerprint density at radius 2 is 2.15 bits per heavy atom. The number of anilines is 1. The topological polar surface area (TPSA) is 58.4 Å². The molecule has 20 heavy (non-hydrogen) atoms. The summed E-state index contributed by atoms with van der Waals surface area (Å²) in [6.07, 6.45) is 3.82. The van der Waals surface area contributed by atoms with Crippen LogP contribution in [0.4, 0.5) is 11.4 Å². The second-order valence-electron chi connectivity index (χ2n) is 5.73. The monoisotopic (exact) mass is 339 g/mol. The molecule has 1 unspecified atom stereocenters.